The number of aryl methyl sites for hydroxylation is 1. The summed E-state index contributed by atoms with van der Waals surface area (Å²) in [6.07, 6.45) is 2.81. The molecule has 2 rings (SSSR count). The van der Waals surface area contributed by atoms with Gasteiger partial charge in [0.2, 0.25) is 0 Å². The van der Waals surface area contributed by atoms with E-state index in [-0.39, 0.29) is 0 Å². The summed E-state index contributed by atoms with van der Waals surface area (Å²) in [5.41, 5.74) is 2.52. The first kappa shape index (κ1) is 9.53. The van der Waals surface area contributed by atoms with Crippen LogP contribution in [0.4, 0.5) is 5.69 Å². The summed E-state index contributed by atoms with van der Waals surface area (Å²) in [5.74, 6) is 0. The maximum atomic E-state index is 5.55. The number of ether oxygens (including phenoxy) is 1. The van der Waals surface area contributed by atoms with Crippen LogP contribution in [0.1, 0.15) is 18.4 Å². The number of anilines is 1. The summed E-state index contributed by atoms with van der Waals surface area (Å²) in [5, 5.41) is 3.43. The van der Waals surface area contributed by atoms with Crippen molar-refractivity contribution in [3.63, 3.8) is 0 Å². The van der Waals surface area contributed by atoms with Gasteiger partial charge in [-0.05, 0) is 31.4 Å². The van der Waals surface area contributed by atoms with Crippen molar-refractivity contribution in [2.45, 2.75) is 25.9 Å². The molecule has 1 heterocycles. The average molecular weight is 191 g/mol. The van der Waals surface area contributed by atoms with Crippen molar-refractivity contribution in [3.05, 3.63) is 29.8 Å². The summed E-state index contributed by atoms with van der Waals surface area (Å²) in [6.45, 7) is 3.99. The second kappa shape index (κ2) is 4.47. The Bertz CT molecular complexity index is 292. The molecular formula is C12H17NO. The molecule has 1 aromatic rings. The zero-order chi connectivity index (χ0) is 9.80. The molecule has 2 nitrogen and oxygen atoms in total. The third kappa shape index (κ3) is 2.26. The van der Waals surface area contributed by atoms with Crippen molar-refractivity contribution < 1.29 is 4.74 Å². The molecule has 1 fully saturated rings. The number of para-hydroxylation sites is 1. The maximum absolute atomic E-state index is 5.55. The van der Waals surface area contributed by atoms with Gasteiger partial charge in [0.25, 0.3) is 0 Å². The molecule has 0 aromatic heterocycles. The first-order chi connectivity index (χ1) is 6.86. The van der Waals surface area contributed by atoms with E-state index in [0.717, 1.165) is 13.2 Å². The molecule has 1 saturated heterocycles. The summed E-state index contributed by atoms with van der Waals surface area (Å²) < 4.78 is 5.55. The van der Waals surface area contributed by atoms with Gasteiger partial charge in [-0.1, -0.05) is 18.2 Å². The van der Waals surface area contributed by atoms with Gasteiger partial charge in [-0.3, -0.25) is 0 Å². The van der Waals surface area contributed by atoms with Crippen LogP contribution in [0.2, 0.25) is 0 Å². The number of hydrogen-bond donors (Lipinski definition) is 1. The van der Waals surface area contributed by atoms with E-state index in [0.29, 0.717) is 6.10 Å². The Balaban J connectivity index is 1.88. The molecule has 0 amide bonds. The fourth-order valence-corrected chi connectivity index (χ4v) is 1.80. The lowest BCUT2D eigenvalue weighted by Crippen LogP contribution is -2.18. The van der Waals surface area contributed by atoms with Crippen LogP contribution in [0.5, 0.6) is 0 Å². The third-order valence-corrected chi connectivity index (χ3v) is 2.69. The Morgan fingerprint density at radius 2 is 2.29 bits per heavy atom. The highest BCUT2D eigenvalue weighted by Crippen LogP contribution is 2.16. The van der Waals surface area contributed by atoms with E-state index in [1.807, 2.05) is 0 Å². The standard InChI is InChI=1S/C12H17NO/c1-10-5-2-3-7-12(10)13-9-11-6-4-8-14-11/h2-3,5,7,11,13H,4,6,8-9H2,1H3. The molecule has 14 heavy (non-hydrogen) atoms. The van der Waals surface area contributed by atoms with E-state index in [2.05, 4.69) is 36.5 Å². The quantitative estimate of drug-likeness (QED) is 0.793. The minimum absolute atomic E-state index is 0.412. The normalized spacial score (nSPS) is 21.1. The van der Waals surface area contributed by atoms with E-state index < -0.39 is 0 Å². The first-order valence-corrected chi connectivity index (χ1v) is 5.27. The summed E-state index contributed by atoms with van der Waals surface area (Å²) in [4.78, 5) is 0. The number of hydrogen-bond acceptors (Lipinski definition) is 2. The lowest BCUT2D eigenvalue weighted by Gasteiger charge is -2.13. The van der Waals surface area contributed by atoms with Gasteiger partial charge in [0, 0.05) is 18.8 Å². The lowest BCUT2D eigenvalue weighted by atomic mass is 10.2. The molecule has 1 N–H and O–H groups in total. The number of rotatable bonds is 3. The summed E-state index contributed by atoms with van der Waals surface area (Å²) in [7, 11) is 0. The minimum atomic E-state index is 0.412. The van der Waals surface area contributed by atoms with Crippen LogP contribution in [0.25, 0.3) is 0 Å². The fourth-order valence-electron chi connectivity index (χ4n) is 1.80. The molecule has 0 bridgehead atoms. The number of benzene rings is 1. The van der Waals surface area contributed by atoms with Crippen molar-refractivity contribution >= 4 is 5.69 Å². The van der Waals surface area contributed by atoms with E-state index in [4.69, 9.17) is 4.74 Å². The van der Waals surface area contributed by atoms with Crippen molar-refractivity contribution in [2.75, 3.05) is 18.5 Å². The van der Waals surface area contributed by atoms with Crippen LogP contribution in [-0.2, 0) is 4.74 Å². The summed E-state index contributed by atoms with van der Waals surface area (Å²) >= 11 is 0. The van der Waals surface area contributed by atoms with Gasteiger partial charge in [-0.15, -0.1) is 0 Å². The predicted octanol–water partition coefficient (Wildman–Crippen LogP) is 2.59. The van der Waals surface area contributed by atoms with E-state index in [9.17, 15) is 0 Å². The minimum Gasteiger partial charge on any atom is -0.382 e. The number of nitrogens with one attached hydrogen (secondary N) is 1. The van der Waals surface area contributed by atoms with E-state index in [1.165, 1.54) is 24.1 Å². The Hall–Kier alpha value is -1.02. The molecular weight excluding hydrogens is 174 g/mol. The Labute approximate surface area is 85.3 Å². The van der Waals surface area contributed by atoms with Crippen LogP contribution >= 0.6 is 0 Å². The third-order valence-electron chi connectivity index (χ3n) is 2.69. The van der Waals surface area contributed by atoms with Gasteiger partial charge >= 0.3 is 0 Å². The first-order valence-electron chi connectivity index (χ1n) is 5.27. The monoisotopic (exact) mass is 191 g/mol. The molecule has 0 spiro atoms. The van der Waals surface area contributed by atoms with Gasteiger partial charge < -0.3 is 10.1 Å². The molecule has 2 heteroatoms. The van der Waals surface area contributed by atoms with Crippen LogP contribution in [-0.4, -0.2) is 19.3 Å². The second-order valence-corrected chi connectivity index (χ2v) is 3.83. The van der Waals surface area contributed by atoms with Crippen molar-refractivity contribution in [3.8, 4) is 0 Å². The van der Waals surface area contributed by atoms with Crippen LogP contribution in [0.3, 0.4) is 0 Å². The zero-order valence-electron chi connectivity index (χ0n) is 8.62. The van der Waals surface area contributed by atoms with Crippen LogP contribution in [0.15, 0.2) is 24.3 Å². The highest BCUT2D eigenvalue weighted by atomic mass is 16.5. The molecule has 1 aliphatic heterocycles. The van der Waals surface area contributed by atoms with Crippen molar-refractivity contribution in [1.29, 1.82) is 0 Å². The van der Waals surface area contributed by atoms with Gasteiger partial charge in [0.05, 0.1) is 6.10 Å². The van der Waals surface area contributed by atoms with Crippen molar-refractivity contribution in [2.24, 2.45) is 0 Å². The molecule has 1 unspecified atom stereocenters. The highest BCUT2D eigenvalue weighted by molar-refractivity contribution is 5.50. The van der Waals surface area contributed by atoms with Crippen LogP contribution < -0.4 is 5.32 Å². The molecule has 0 aliphatic carbocycles. The van der Waals surface area contributed by atoms with Gasteiger partial charge in [0.15, 0.2) is 0 Å². The van der Waals surface area contributed by atoms with Gasteiger partial charge in [0.1, 0.15) is 0 Å². The van der Waals surface area contributed by atoms with Gasteiger partial charge in [-0.25, -0.2) is 0 Å². The van der Waals surface area contributed by atoms with Gasteiger partial charge in [-0.2, -0.15) is 0 Å². The fraction of sp³-hybridized carbons (Fsp3) is 0.500. The SMILES string of the molecule is Cc1ccccc1NCC1CCCO1. The molecule has 1 atom stereocenters. The Morgan fingerprint density at radius 3 is 3.00 bits per heavy atom. The molecule has 76 valence electrons. The zero-order valence-corrected chi connectivity index (χ0v) is 8.62. The van der Waals surface area contributed by atoms with E-state index >= 15 is 0 Å². The lowest BCUT2D eigenvalue weighted by molar-refractivity contribution is 0.120. The largest absolute Gasteiger partial charge is 0.382 e. The van der Waals surface area contributed by atoms with Crippen LogP contribution in [0, 0.1) is 6.92 Å². The molecule has 1 aromatic carbocycles. The molecule has 0 radical (unpaired) electrons. The Kier molecular flexibility index (Phi) is 3.04. The highest BCUT2D eigenvalue weighted by Gasteiger charge is 2.14. The van der Waals surface area contributed by atoms with Crippen molar-refractivity contribution in [1.82, 2.24) is 0 Å². The Morgan fingerprint density at radius 1 is 1.43 bits per heavy atom. The average Bonchev–Trinajstić information content (AvgIpc) is 2.69. The smallest absolute Gasteiger partial charge is 0.0748 e. The van der Waals surface area contributed by atoms with E-state index in [1.54, 1.807) is 0 Å². The maximum Gasteiger partial charge on any atom is 0.0748 e. The molecule has 1 aliphatic rings. The second-order valence-electron chi connectivity index (χ2n) is 3.83. The summed E-state index contributed by atoms with van der Waals surface area (Å²) in [6, 6.07) is 8.36. The molecule has 0 saturated carbocycles. The topological polar surface area (TPSA) is 21.3 Å². The predicted molar refractivity (Wildman–Crippen MR) is 58.6 cm³/mol.